The van der Waals surface area contributed by atoms with Crippen molar-refractivity contribution in [3.05, 3.63) is 16.0 Å². The molecule has 0 radical (unpaired) electrons. The van der Waals surface area contributed by atoms with Crippen LogP contribution in [0.15, 0.2) is 0 Å². The van der Waals surface area contributed by atoms with Crippen LogP contribution < -0.4 is 10.6 Å². The van der Waals surface area contributed by atoms with Crippen molar-refractivity contribution in [1.82, 2.24) is 5.32 Å². The third-order valence-electron chi connectivity index (χ3n) is 3.54. The van der Waals surface area contributed by atoms with E-state index in [4.69, 9.17) is 39.5 Å². The standard InChI is InChI=1S/C14H17Cl3N2O3S/c1-3-9(20)18-13(14(15,16)17)19-11-10(12(21)22-2)7-5-4-6-8(7)23-11/h13,19H,3-6H2,1-2H3,(H,18,20)/t13-/m0/s1. The molecule has 5 nitrogen and oxygen atoms in total. The zero-order chi connectivity index (χ0) is 17.2. The molecule has 128 valence electrons. The maximum absolute atomic E-state index is 12.1. The molecule has 9 heteroatoms. The van der Waals surface area contributed by atoms with E-state index >= 15 is 0 Å². The molecule has 0 aromatic carbocycles. The summed E-state index contributed by atoms with van der Waals surface area (Å²) in [7, 11) is 1.33. The Kier molecular flexibility index (Phi) is 6.05. The van der Waals surface area contributed by atoms with Gasteiger partial charge in [-0.25, -0.2) is 4.79 Å². The number of amides is 1. The summed E-state index contributed by atoms with van der Waals surface area (Å²) in [6.07, 6.45) is 2.03. The number of aryl methyl sites for hydroxylation is 1. The molecule has 2 N–H and O–H groups in total. The first-order valence-electron chi connectivity index (χ1n) is 7.13. The molecule has 1 atom stereocenters. The molecule has 2 rings (SSSR count). The lowest BCUT2D eigenvalue weighted by molar-refractivity contribution is -0.121. The second kappa shape index (κ2) is 7.47. The van der Waals surface area contributed by atoms with Crippen molar-refractivity contribution in [3.8, 4) is 0 Å². The van der Waals surface area contributed by atoms with Crippen LogP contribution in [0.5, 0.6) is 0 Å². The molecule has 0 fully saturated rings. The number of alkyl halides is 3. The zero-order valence-corrected chi connectivity index (χ0v) is 15.8. The number of hydrogen-bond acceptors (Lipinski definition) is 5. The van der Waals surface area contributed by atoms with Crippen LogP contribution in [0.4, 0.5) is 5.00 Å². The largest absolute Gasteiger partial charge is 0.465 e. The van der Waals surface area contributed by atoms with Gasteiger partial charge in [-0.1, -0.05) is 41.7 Å². The molecule has 0 saturated carbocycles. The average molecular weight is 400 g/mol. The molecule has 1 aliphatic carbocycles. The lowest BCUT2D eigenvalue weighted by atomic mass is 10.1. The fourth-order valence-corrected chi connectivity index (χ4v) is 4.05. The molecule has 1 aliphatic rings. The smallest absolute Gasteiger partial charge is 0.341 e. The van der Waals surface area contributed by atoms with E-state index in [1.54, 1.807) is 6.92 Å². The van der Waals surface area contributed by atoms with Crippen molar-refractivity contribution in [3.63, 3.8) is 0 Å². The minimum absolute atomic E-state index is 0.254. The molecule has 1 amide bonds. The van der Waals surface area contributed by atoms with Crippen LogP contribution >= 0.6 is 46.1 Å². The molecule has 1 aromatic rings. The van der Waals surface area contributed by atoms with E-state index < -0.39 is 15.9 Å². The quantitative estimate of drug-likeness (QED) is 0.450. The number of rotatable bonds is 5. The number of carbonyl (C=O) groups excluding carboxylic acids is 2. The van der Waals surface area contributed by atoms with E-state index in [2.05, 4.69) is 10.6 Å². The summed E-state index contributed by atoms with van der Waals surface area (Å²) in [4.78, 5) is 24.9. The Bertz CT molecular complexity index is 613. The highest BCUT2D eigenvalue weighted by Gasteiger charge is 2.36. The Morgan fingerprint density at radius 2 is 2.04 bits per heavy atom. The number of anilines is 1. The van der Waals surface area contributed by atoms with Gasteiger partial charge in [0.15, 0.2) is 0 Å². The van der Waals surface area contributed by atoms with E-state index in [-0.39, 0.29) is 12.3 Å². The Morgan fingerprint density at radius 3 is 2.61 bits per heavy atom. The predicted molar refractivity (Wildman–Crippen MR) is 93.8 cm³/mol. The van der Waals surface area contributed by atoms with Gasteiger partial charge < -0.3 is 15.4 Å². The Morgan fingerprint density at radius 1 is 1.35 bits per heavy atom. The number of thiophene rings is 1. The summed E-state index contributed by atoms with van der Waals surface area (Å²) in [5, 5.41) is 6.15. The highest BCUT2D eigenvalue weighted by atomic mass is 35.6. The minimum Gasteiger partial charge on any atom is -0.465 e. The normalized spacial score (nSPS) is 15.0. The van der Waals surface area contributed by atoms with E-state index in [9.17, 15) is 9.59 Å². The number of halogens is 3. The van der Waals surface area contributed by atoms with Crippen LogP contribution in [0.25, 0.3) is 0 Å². The number of fused-ring (bicyclic) bond motifs is 1. The summed E-state index contributed by atoms with van der Waals surface area (Å²) in [5.74, 6) is -0.700. The van der Waals surface area contributed by atoms with Gasteiger partial charge in [0.25, 0.3) is 0 Å². The van der Waals surface area contributed by atoms with Crippen LogP contribution in [0.3, 0.4) is 0 Å². The van der Waals surface area contributed by atoms with Crippen molar-refractivity contribution in [2.24, 2.45) is 0 Å². The van der Waals surface area contributed by atoms with Crippen molar-refractivity contribution in [1.29, 1.82) is 0 Å². The number of ether oxygens (including phenoxy) is 1. The van der Waals surface area contributed by atoms with Crippen LogP contribution in [0.1, 0.15) is 40.6 Å². The maximum Gasteiger partial charge on any atom is 0.341 e. The van der Waals surface area contributed by atoms with Crippen molar-refractivity contribution in [2.75, 3.05) is 12.4 Å². The van der Waals surface area contributed by atoms with Crippen molar-refractivity contribution >= 4 is 63.0 Å². The topological polar surface area (TPSA) is 67.4 Å². The van der Waals surface area contributed by atoms with Crippen LogP contribution in [0, 0.1) is 0 Å². The van der Waals surface area contributed by atoms with Gasteiger partial charge in [-0.15, -0.1) is 11.3 Å². The van der Waals surface area contributed by atoms with Crippen LogP contribution in [-0.4, -0.2) is 28.9 Å². The SMILES string of the molecule is CCC(=O)N[C@@H](Nc1sc2c(c1C(=O)OC)CCC2)C(Cl)(Cl)Cl. The van der Waals surface area contributed by atoms with Gasteiger partial charge >= 0.3 is 5.97 Å². The molecule has 0 aliphatic heterocycles. The maximum atomic E-state index is 12.1. The summed E-state index contributed by atoms with van der Waals surface area (Å²) in [6, 6.07) is 0. The molecule has 0 spiro atoms. The number of nitrogens with one attached hydrogen (secondary N) is 2. The molecule has 0 bridgehead atoms. The van der Waals surface area contributed by atoms with Crippen molar-refractivity contribution in [2.45, 2.75) is 42.6 Å². The predicted octanol–water partition coefficient (Wildman–Crippen LogP) is 3.66. The third-order valence-corrected chi connectivity index (χ3v) is 5.42. The number of esters is 1. The molecule has 23 heavy (non-hydrogen) atoms. The average Bonchev–Trinajstić information content (AvgIpc) is 3.04. The van der Waals surface area contributed by atoms with Crippen LogP contribution in [0.2, 0.25) is 0 Å². The van der Waals surface area contributed by atoms with Gasteiger partial charge in [0, 0.05) is 11.3 Å². The van der Waals surface area contributed by atoms with E-state index in [1.807, 2.05) is 0 Å². The van der Waals surface area contributed by atoms with E-state index in [0.29, 0.717) is 10.6 Å². The highest BCUT2D eigenvalue weighted by Crippen LogP contribution is 2.41. The van der Waals surface area contributed by atoms with Gasteiger partial charge in [0.2, 0.25) is 9.70 Å². The summed E-state index contributed by atoms with van der Waals surface area (Å²) >= 11 is 19.3. The third kappa shape index (κ3) is 4.24. The van der Waals surface area contributed by atoms with E-state index in [0.717, 1.165) is 29.7 Å². The Hall–Kier alpha value is -0.690. The van der Waals surface area contributed by atoms with E-state index in [1.165, 1.54) is 18.4 Å². The number of methoxy groups -OCH3 is 1. The van der Waals surface area contributed by atoms with Gasteiger partial charge in [0.05, 0.1) is 12.7 Å². The lowest BCUT2D eigenvalue weighted by Gasteiger charge is -2.27. The first-order valence-corrected chi connectivity index (χ1v) is 9.08. The molecule has 0 saturated heterocycles. The fourth-order valence-electron chi connectivity index (χ4n) is 2.42. The first kappa shape index (κ1) is 18.6. The zero-order valence-electron chi connectivity index (χ0n) is 12.7. The molecular formula is C14H17Cl3N2O3S. The molecule has 1 aromatic heterocycles. The van der Waals surface area contributed by atoms with Gasteiger partial charge in [-0.2, -0.15) is 0 Å². The lowest BCUT2D eigenvalue weighted by Crippen LogP contribution is -2.49. The van der Waals surface area contributed by atoms with Crippen LogP contribution in [-0.2, 0) is 22.4 Å². The summed E-state index contributed by atoms with van der Waals surface area (Å²) in [5.41, 5.74) is 1.45. The summed E-state index contributed by atoms with van der Waals surface area (Å²) in [6.45, 7) is 1.70. The Labute approximate surface area is 153 Å². The number of carbonyl (C=O) groups is 2. The first-order chi connectivity index (χ1) is 10.8. The second-order valence-electron chi connectivity index (χ2n) is 5.09. The van der Waals surface area contributed by atoms with Gasteiger partial charge in [-0.3, -0.25) is 4.79 Å². The molecular weight excluding hydrogens is 383 g/mol. The minimum atomic E-state index is -1.77. The number of hydrogen-bond donors (Lipinski definition) is 2. The monoisotopic (exact) mass is 398 g/mol. The summed E-state index contributed by atoms with van der Waals surface area (Å²) < 4.78 is 3.10. The van der Waals surface area contributed by atoms with Gasteiger partial charge in [-0.05, 0) is 24.8 Å². The highest BCUT2D eigenvalue weighted by molar-refractivity contribution is 7.16. The Balaban J connectivity index is 2.33. The molecule has 0 unspecified atom stereocenters. The fraction of sp³-hybridized carbons (Fsp3) is 0.571. The second-order valence-corrected chi connectivity index (χ2v) is 8.57. The molecule has 1 heterocycles. The van der Waals surface area contributed by atoms with Crippen molar-refractivity contribution < 1.29 is 14.3 Å². The van der Waals surface area contributed by atoms with Gasteiger partial charge in [0.1, 0.15) is 11.2 Å².